The fourth-order valence-electron chi connectivity index (χ4n) is 8.44. The molecule has 3 saturated carbocycles. The first-order valence-corrected chi connectivity index (χ1v) is 12.4. The van der Waals surface area contributed by atoms with E-state index < -0.39 is 0 Å². The fourth-order valence-corrected chi connectivity index (χ4v) is 8.44. The van der Waals surface area contributed by atoms with Gasteiger partial charge in [-0.05, 0) is 106 Å². The van der Waals surface area contributed by atoms with Crippen LogP contribution in [0.15, 0.2) is 11.6 Å². The van der Waals surface area contributed by atoms with E-state index in [9.17, 15) is 4.79 Å². The van der Waals surface area contributed by atoms with Crippen LogP contribution in [0, 0.1) is 34.5 Å². The smallest absolute Gasteiger partial charge is 0.157 e. The topological polar surface area (TPSA) is 35.5 Å². The molecule has 0 bridgehead atoms. The van der Waals surface area contributed by atoms with Crippen molar-refractivity contribution in [1.82, 2.24) is 0 Å². The summed E-state index contributed by atoms with van der Waals surface area (Å²) < 4.78 is 12.2. The van der Waals surface area contributed by atoms with Crippen LogP contribution in [0.2, 0.25) is 0 Å². The second-order valence-corrected chi connectivity index (χ2v) is 11.3. The SMILES string of the molecule is CC(=O)C1CCC2C3CC=C4CC(OC5CCCCO5)CC[C@]4(C)C3CC[C@]12C. The van der Waals surface area contributed by atoms with Crippen LogP contribution in [-0.2, 0) is 14.3 Å². The molecule has 1 saturated heterocycles. The van der Waals surface area contributed by atoms with Crippen molar-refractivity contribution in [2.45, 2.75) is 104 Å². The largest absolute Gasteiger partial charge is 0.353 e. The summed E-state index contributed by atoms with van der Waals surface area (Å²) >= 11 is 0. The molecule has 4 fully saturated rings. The van der Waals surface area contributed by atoms with Crippen LogP contribution in [0.3, 0.4) is 0 Å². The molecule has 0 aromatic heterocycles. The molecule has 3 nitrogen and oxygen atoms in total. The van der Waals surface area contributed by atoms with Crippen molar-refractivity contribution in [3.8, 4) is 0 Å². The van der Waals surface area contributed by atoms with Crippen LogP contribution in [0.5, 0.6) is 0 Å². The molecule has 0 spiro atoms. The Hall–Kier alpha value is -0.670. The second kappa shape index (κ2) is 7.48. The molecule has 5 aliphatic rings. The third-order valence-corrected chi connectivity index (χ3v) is 10.0. The molecular weight excluding hydrogens is 360 g/mol. The third-order valence-electron chi connectivity index (χ3n) is 10.0. The van der Waals surface area contributed by atoms with Gasteiger partial charge in [-0.1, -0.05) is 25.5 Å². The van der Waals surface area contributed by atoms with Crippen LogP contribution >= 0.6 is 0 Å². The summed E-state index contributed by atoms with van der Waals surface area (Å²) in [4.78, 5) is 12.3. The van der Waals surface area contributed by atoms with Crippen LogP contribution in [0.25, 0.3) is 0 Å². The highest BCUT2D eigenvalue weighted by molar-refractivity contribution is 5.79. The molecule has 0 aromatic rings. The summed E-state index contributed by atoms with van der Waals surface area (Å²) in [6.07, 6.45) is 16.2. The van der Waals surface area contributed by atoms with Crippen LogP contribution in [0.1, 0.15) is 91.4 Å². The Balaban J connectivity index is 1.32. The molecule has 1 aliphatic heterocycles. The van der Waals surface area contributed by atoms with E-state index in [1.54, 1.807) is 5.57 Å². The zero-order chi connectivity index (χ0) is 20.2. The zero-order valence-electron chi connectivity index (χ0n) is 18.8. The second-order valence-electron chi connectivity index (χ2n) is 11.3. The Kier molecular flexibility index (Phi) is 5.22. The van der Waals surface area contributed by atoms with Crippen LogP contribution in [-0.4, -0.2) is 24.8 Å². The lowest BCUT2D eigenvalue weighted by atomic mass is 9.47. The van der Waals surface area contributed by atoms with Gasteiger partial charge in [0.2, 0.25) is 0 Å². The quantitative estimate of drug-likeness (QED) is 0.540. The predicted molar refractivity (Wildman–Crippen MR) is 114 cm³/mol. The molecule has 29 heavy (non-hydrogen) atoms. The minimum Gasteiger partial charge on any atom is -0.353 e. The van der Waals surface area contributed by atoms with Gasteiger partial charge in [-0.3, -0.25) is 4.79 Å². The zero-order valence-corrected chi connectivity index (χ0v) is 18.8. The number of rotatable bonds is 3. The standard InChI is InChI=1S/C26H40O3/c1-17(27)21-9-10-22-20-8-7-18-16-19(29-24-6-4-5-15-28-24)11-13-25(18,2)23(20)12-14-26(21,22)3/h7,19-24H,4-6,8-16H2,1-3H3/t19?,20?,21?,22?,23?,24?,25-,26+/m0/s1. The molecule has 0 aromatic carbocycles. The molecular formula is C26H40O3. The Labute approximate surface area is 177 Å². The van der Waals surface area contributed by atoms with Crippen molar-refractivity contribution in [2.24, 2.45) is 34.5 Å². The number of ketones is 1. The average Bonchev–Trinajstić information content (AvgIpc) is 3.06. The van der Waals surface area contributed by atoms with Crippen molar-refractivity contribution in [3.05, 3.63) is 11.6 Å². The number of Topliss-reactive ketones (excluding diaryl/α,β-unsaturated/α-hetero) is 1. The fraction of sp³-hybridized carbons (Fsp3) is 0.885. The van der Waals surface area contributed by atoms with E-state index in [1.165, 1.54) is 51.4 Å². The predicted octanol–water partition coefficient (Wildman–Crippen LogP) is 6.07. The Morgan fingerprint density at radius 1 is 1.07 bits per heavy atom. The number of carbonyl (C=O) groups excluding carboxylic acids is 1. The molecule has 1 heterocycles. The van der Waals surface area contributed by atoms with Crippen LogP contribution in [0.4, 0.5) is 0 Å². The van der Waals surface area contributed by atoms with Gasteiger partial charge in [0.05, 0.1) is 6.10 Å². The summed E-state index contributed by atoms with van der Waals surface area (Å²) in [5.74, 6) is 3.08. The highest BCUT2D eigenvalue weighted by Crippen LogP contribution is 2.66. The lowest BCUT2D eigenvalue weighted by Gasteiger charge is -2.58. The molecule has 4 aliphatic carbocycles. The van der Waals surface area contributed by atoms with Crippen molar-refractivity contribution < 1.29 is 14.3 Å². The lowest BCUT2D eigenvalue weighted by molar-refractivity contribution is -0.195. The third kappa shape index (κ3) is 3.26. The van der Waals surface area contributed by atoms with E-state index in [2.05, 4.69) is 19.9 Å². The van der Waals surface area contributed by atoms with Crippen molar-refractivity contribution >= 4 is 5.78 Å². The first-order chi connectivity index (χ1) is 13.9. The lowest BCUT2D eigenvalue weighted by Crippen LogP contribution is -2.51. The summed E-state index contributed by atoms with van der Waals surface area (Å²) in [6, 6.07) is 0. The molecule has 5 rings (SSSR count). The number of ether oxygens (including phenoxy) is 2. The average molecular weight is 401 g/mol. The number of carbonyl (C=O) groups is 1. The minimum atomic E-state index is 0.0347. The highest BCUT2D eigenvalue weighted by atomic mass is 16.7. The van der Waals surface area contributed by atoms with Crippen molar-refractivity contribution in [2.75, 3.05) is 6.61 Å². The van der Waals surface area contributed by atoms with Gasteiger partial charge < -0.3 is 9.47 Å². The monoisotopic (exact) mass is 400 g/mol. The number of fused-ring (bicyclic) bond motifs is 5. The van der Waals surface area contributed by atoms with Gasteiger partial charge in [0.25, 0.3) is 0 Å². The van der Waals surface area contributed by atoms with E-state index in [1.807, 2.05) is 6.92 Å². The van der Waals surface area contributed by atoms with E-state index in [0.29, 0.717) is 23.2 Å². The molecule has 8 atom stereocenters. The van der Waals surface area contributed by atoms with E-state index in [0.717, 1.165) is 43.6 Å². The summed E-state index contributed by atoms with van der Waals surface area (Å²) in [5, 5.41) is 0. The maximum atomic E-state index is 12.3. The molecule has 162 valence electrons. The van der Waals surface area contributed by atoms with Gasteiger partial charge in [-0.2, -0.15) is 0 Å². The van der Waals surface area contributed by atoms with Gasteiger partial charge in [0, 0.05) is 12.5 Å². The van der Waals surface area contributed by atoms with Gasteiger partial charge in [0.15, 0.2) is 6.29 Å². The first-order valence-electron chi connectivity index (χ1n) is 12.4. The minimum absolute atomic E-state index is 0.0347. The van der Waals surface area contributed by atoms with E-state index in [-0.39, 0.29) is 11.7 Å². The highest BCUT2D eigenvalue weighted by Gasteiger charge is 2.59. The van der Waals surface area contributed by atoms with Gasteiger partial charge in [0.1, 0.15) is 5.78 Å². The van der Waals surface area contributed by atoms with E-state index >= 15 is 0 Å². The normalized spacial score (nSPS) is 49.6. The first kappa shape index (κ1) is 20.2. The molecule has 6 unspecified atom stereocenters. The summed E-state index contributed by atoms with van der Waals surface area (Å²) in [7, 11) is 0. The Bertz CT molecular complexity index is 677. The number of allylic oxidation sites excluding steroid dienone is 1. The maximum absolute atomic E-state index is 12.3. The maximum Gasteiger partial charge on any atom is 0.157 e. The molecule has 0 radical (unpaired) electrons. The van der Waals surface area contributed by atoms with Crippen molar-refractivity contribution in [1.29, 1.82) is 0 Å². The van der Waals surface area contributed by atoms with E-state index in [4.69, 9.17) is 9.47 Å². The number of hydrogen-bond acceptors (Lipinski definition) is 3. The van der Waals surface area contributed by atoms with Gasteiger partial charge in [-0.25, -0.2) is 0 Å². The Morgan fingerprint density at radius 3 is 2.69 bits per heavy atom. The van der Waals surface area contributed by atoms with Crippen LogP contribution < -0.4 is 0 Å². The molecule has 0 N–H and O–H groups in total. The van der Waals surface area contributed by atoms with Gasteiger partial charge >= 0.3 is 0 Å². The summed E-state index contributed by atoms with van der Waals surface area (Å²) in [6.45, 7) is 7.71. The van der Waals surface area contributed by atoms with Crippen molar-refractivity contribution in [3.63, 3.8) is 0 Å². The Morgan fingerprint density at radius 2 is 1.93 bits per heavy atom. The summed E-state index contributed by atoms with van der Waals surface area (Å²) in [5.41, 5.74) is 2.29. The number of hydrogen-bond donors (Lipinski definition) is 0. The molecule has 0 amide bonds. The van der Waals surface area contributed by atoms with Gasteiger partial charge in [-0.15, -0.1) is 0 Å². The molecule has 3 heteroatoms.